The van der Waals surface area contributed by atoms with Gasteiger partial charge in [0.05, 0.1) is 42.0 Å². The van der Waals surface area contributed by atoms with Crippen molar-refractivity contribution in [3.05, 3.63) is 84.0 Å². The van der Waals surface area contributed by atoms with Crippen molar-refractivity contribution in [1.82, 2.24) is 0 Å². The topological polar surface area (TPSA) is 126 Å². The summed E-state index contributed by atoms with van der Waals surface area (Å²) in [5.41, 5.74) is 0.645. The zero-order valence-corrected chi connectivity index (χ0v) is 26.0. The minimum absolute atomic E-state index is 0.000566. The number of cyclic esters (lactones) is 1. The number of aliphatic hydroxyl groups is 3. The van der Waals surface area contributed by atoms with E-state index in [0.29, 0.717) is 30.4 Å². The van der Waals surface area contributed by atoms with Crippen LogP contribution in [0.15, 0.2) is 78.4 Å². The number of rotatable bonds is 10. The summed E-state index contributed by atoms with van der Waals surface area (Å²) in [6, 6.07) is 8.70. The van der Waals surface area contributed by atoms with Crippen LogP contribution in [-0.2, 0) is 19.0 Å². The van der Waals surface area contributed by atoms with Gasteiger partial charge in [-0.15, -0.1) is 0 Å². The van der Waals surface area contributed by atoms with Crippen molar-refractivity contribution < 1.29 is 39.1 Å². The molecule has 2 heterocycles. The van der Waals surface area contributed by atoms with Gasteiger partial charge in [-0.25, -0.2) is 4.79 Å². The van der Waals surface area contributed by atoms with E-state index in [1.54, 1.807) is 55.5 Å². The standard InChI is InChI=1S/C35H48O8/c1-7-28(37)25(5)33-30(41-33)21-35(6,40)19-11-12-23(3)32-24(4)16-18-29(42-34(39)26-13-9-8-10-14-26)22(2)15-17-27(36)20-31(38)43-32/h8-14,16,18-19,24-25,27-30,32-33,36-37,40H,2,7,15,17,20-21H2,1,3-6H3/b18-16+,19-11+,23-12+. The summed E-state index contributed by atoms with van der Waals surface area (Å²) in [5, 5.41) is 31.5. The third-order valence-corrected chi connectivity index (χ3v) is 8.22. The Morgan fingerprint density at radius 2 is 1.95 bits per heavy atom. The number of ether oxygens (including phenoxy) is 3. The summed E-state index contributed by atoms with van der Waals surface area (Å²) < 4.78 is 17.3. The minimum atomic E-state index is -1.14. The van der Waals surface area contributed by atoms with Gasteiger partial charge in [0.25, 0.3) is 0 Å². The van der Waals surface area contributed by atoms with Gasteiger partial charge in [-0.2, -0.15) is 0 Å². The summed E-state index contributed by atoms with van der Waals surface area (Å²) in [6.07, 6.45) is 7.40. The molecule has 1 aromatic carbocycles. The summed E-state index contributed by atoms with van der Waals surface area (Å²) >= 11 is 0. The highest BCUT2D eigenvalue weighted by molar-refractivity contribution is 5.89. The number of benzene rings is 1. The molecule has 0 spiro atoms. The van der Waals surface area contributed by atoms with E-state index in [-0.39, 0.29) is 36.9 Å². The fourth-order valence-corrected chi connectivity index (χ4v) is 5.34. The van der Waals surface area contributed by atoms with Crippen molar-refractivity contribution in [2.75, 3.05) is 0 Å². The first-order valence-electron chi connectivity index (χ1n) is 15.2. The van der Waals surface area contributed by atoms with Crippen molar-refractivity contribution in [3.8, 4) is 0 Å². The van der Waals surface area contributed by atoms with Crippen LogP contribution in [0.1, 0.15) is 77.1 Å². The summed E-state index contributed by atoms with van der Waals surface area (Å²) in [4.78, 5) is 25.5. The Kier molecular flexibility index (Phi) is 12.5. The first-order valence-corrected chi connectivity index (χ1v) is 15.2. The molecule has 9 atom stereocenters. The lowest BCUT2D eigenvalue weighted by Crippen LogP contribution is -2.29. The van der Waals surface area contributed by atoms with Gasteiger partial charge in [-0.05, 0) is 62.5 Å². The van der Waals surface area contributed by atoms with E-state index in [0.717, 1.165) is 5.57 Å². The van der Waals surface area contributed by atoms with Crippen molar-refractivity contribution >= 4 is 11.9 Å². The second-order valence-electron chi connectivity index (χ2n) is 12.2. The number of epoxide rings is 1. The predicted molar refractivity (Wildman–Crippen MR) is 165 cm³/mol. The van der Waals surface area contributed by atoms with Crippen molar-refractivity contribution in [2.45, 2.75) is 109 Å². The highest BCUT2D eigenvalue weighted by Crippen LogP contribution is 2.37. The molecule has 0 aliphatic carbocycles. The van der Waals surface area contributed by atoms with E-state index in [1.807, 2.05) is 39.8 Å². The highest BCUT2D eigenvalue weighted by Gasteiger charge is 2.47. The first kappa shape index (κ1) is 34.5. The van der Waals surface area contributed by atoms with Crippen LogP contribution < -0.4 is 0 Å². The smallest absolute Gasteiger partial charge is 0.339 e. The Hall–Kier alpha value is -3.04. The zero-order valence-electron chi connectivity index (χ0n) is 26.0. The van der Waals surface area contributed by atoms with Crippen LogP contribution in [0.5, 0.6) is 0 Å². The van der Waals surface area contributed by atoms with E-state index >= 15 is 0 Å². The van der Waals surface area contributed by atoms with Gasteiger partial charge < -0.3 is 29.5 Å². The van der Waals surface area contributed by atoms with Crippen LogP contribution >= 0.6 is 0 Å². The zero-order chi connectivity index (χ0) is 31.7. The number of allylic oxidation sites excluding steroid dienone is 2. The number of esters is 2. The normalized spacial score (nSPS) is 30.7. The molecule has 0 saturated carbocycles. The average Bonchev–Trinajstić information content (AvgIpc) is 3.73. The fraction of sp³-hybridized carbons (Fsp3) is 0.543. The molecular formula is C35H48O8. The predicted octanol–water partition coefficient (Wildman–Crippen LogP) is 5.24. The Morgan fingerprint density at radius 1 is 1.26 bits per heavy atom. The molecule has 1 fully saturated rings. The number of hydrogen-bond donors (Lipinski definition) is 3. The summed E-state index contributed by atoms with van der Waals surface area (Å²) in [5.74, 6) is -1.30. The van der Waals surface area contributed by atoms with Crippen LogP contribution in [0.25, 0.3) is 0 Å². The molecule has 0 amide bonds. The van der Waals surface area contributed by atoms with E-state index in [4.69, 9.17) is 14.2 Å². The lowest BCUT2D eigenvalue weighted by atomic mass is 9.91. The summed E-state index contributed by atoms with van der Waals surface area (Å²) in [7, 11) is 0. The molecule has 2 aliphatic rings. The quantitative estimate of drug-likeness (QED) is 0.145. The van der Waals surface area contributed by atoms with E-state index in [2.05, 4.69) is 6.58 Å². The molecule has 43 heavy (non-hydrogen) atoms. The molecule has 2 aliphatic heterocycles. The highest BCUT2D eigenvalue weighted by atomic mass is 16.6. The van der Waals surface area contributed by atoms with Crippen LogP contribution in [0.3, 0.4) is 0 Å². The fourth-order valence-electron chi connectivity index (χ4n) is 5.34. The minimum Gasteiger partial charge on any atom is -0.457 e. The van der Waals surface area contributed by atoms with Gasteiger partial charge in [0.1, 0.15) is 12.2 Å². The van der Waals surface area contributed by atoms with E-state index < -0.39 is 42.0 Å². The number of carbonyl (C=O) groups excluding carboxylic acids is 2. The molecule has 8 heteroatoms. The molecule has 3 N–H and O–H groups in total. The van der Waals surface area contributed by atoms with Crippen molar-refractivity contribution in [1.29, 1.82) is 0 Å². The maximum atomic E-state index is 12.8. The molecule has 0 radical (unpaired) electrons. The Morgan fingerprint density at radius 3 is 2.63 bits per heavy atom. The molecule has 8 nitrogen and oxygen atoms in total. The Labute approximate surface area is 255 Å². The van der Waals surface area contributed by atoms with Crippen LogP contribution in [0.2, 0.25) is 0 Å². The molecule has 0 bridgehead atoms. The average molecular weight is 597 g/mol. The van der Waals surface area contributed by atoms with Gasteiger partial charge in [0.2, 0.25) is 0 Å². The van der Waals surface area contributed by atoms with Gasteiger partial charge in [0.15, 0.2) is 0 Å². The largest absolute Gasteiger partial charge is 0.457 e. The first-order chi connectivity index (χ1) is 20.3. The molecule has 3 rings (SSSR count). The molecule has 9 unspecified atom stereocenters. The lowest BCUT2D eigenvalue weighted by Gasteiger charge is -2.26. The lowest BCUT2D eigenvalue weighted by molar-refractivity contribution is -0.151. The van der Waals surface area contributed by atoms with Crippen molar-refractivity contribution in [3.63, 3.8) is 0 Å². The third-order valence-electron chi connectivity index (χ3n) is 8.22. The van der Waals surface area contributed by atoms with Crippen LogP contribution in [0.4, 0.5) is 0 Å². The number of hydrogen-bond acceptors (Lipinski definition) is 8. The Balaban J connectivity index is 1.74. The molecular weight excluding hydrogens is 548 g/mol. The van der Waals surface area contributed by atoms with Gasteiger partial charge >= 0.3 is 11.9 Å². The van der Waals surface area contributed by atoms with Gasteiger partial charge in [-0.1, -0.05) is 69.9 Å². The van der Waals surface area contributed by atoms with Gasteiger partial charge in [0, 0.05) is 18.3 Å². The third kappa shape index (κ3) is 10.6. The van der Waals surface area contributed by atoms with Gasteiger partial charge in [-0.3, -0.25) is 4.79 Å². The second-order valence-corrected chi connectivity index (χ2v) is 12.2. The van der Waals surface area contributed by atoms with Crippen molar-refractivity contribution in [2.24, 2.45) is 11.8 Å². The maximum Gasteiger partial charge on any atom is 0.339 e. The van der Waals surface area contributed by atoms with E-state index in [9.17, 15) is 24.9 Å². The van der Waals surface area contributed by atoms with Crippen LogP contribution in [0, 0.1) is 11.8 Å². The SMILES string of the molecule is C=C1CCC(O)CC(=O)OC(/C(C)=C/C=C/C(C)(O)CC2OC2C(C)C(O)CC)C(C)/C=C/C1OC(=O)c1ccccc1. The summed E-state index contributed by atoms with van der Waals surface area (Å²) in [6.45, 7) is 13.4. The molecule has 1 aromatic rings. The number of aliphatic hydroxyl groups excluding tert-OH is 2. The monoisotopic (exact) mass is 596 g/mol. The number of carbonyl (C=O) groups is 2. The molecule has 1 saturated heterocycles. The van der Waals surface area contributed by atoms with Crippen LogP contribution in [-0.4, -0.2) is 69.5 Å². The molecule has 0 aromatic heterocycles. The van der Waals surface area contributed by atoms with E-state index in [1.165, 1.54) is 0 Å². The maximum absolute atomic E-state index is 12.8. The Bertz CT molecular complexity index is 1180. The molecule has 236 valence electrons. The second kappa shape index (κ2) is 15.6.